The molecule has 1 atom stereocenters. The van der Waals surface area contributed by atoms with E-state index >= 15 is 0 Å². The van der Waals surface area contributed by atoms with Gasteiger partial charge in [0.25, 0.3) is 5.91 Å². The van der Waals surface area contributed by atoms with Crippen LogP contribution in [0.5, 0.6) is 5.88 Å². The summed E-state index contributed by atoms with van der Waals surface area (Å²) in [5, 5.41) is 14.1. The maximum atomic E-state index is 14.8. The second kappa shape index (κ2) is 7.97. The quantitative estimate of drug-likeness (QED) is 0.440. The summed E-state index contributed by atoms with van der Waals surface area (Å²) in [4.78, 5) is 20.4. The second-order valence-corrected chi connectivity index (χ2v) is 11.5. The Hall–Kier alpha value is -2.92. The van der Waals surface area contributed by atoms with Crippen molar-refractivity contribution in [1.82, 2.24) is 20.0 Å². The van der Waals surface area contributed by atoms with Crippen LogP contribution in [0.25, 0.3) is 0 Å². The van der Waals surface area contributed by atoms with Gasteiger partial charge in [0, 0.05) is 17.0 Å². The Morgan fingerprint density at radius 2 is 2.00 bits per heavy atom. The highest BCUT2D eigenvalue weighted by molar-refractivity contribution is 8.03. The number of rotatable bonds is 5. The number of nitrogens with one attached hydrogen (secondary N) is 4. The summed E-state index contributed by atoms with van der Waals surface area (Å²) in [5.74, 6) is -0.640. The third kappa shape index (κ3) is 4.02. The van der Waals surface area contributed by atoms with Crippen molar-refractivity contribution >= 4 is 27.5 Å². The predicted molar refractivity (Wildman–Crippen MR) is 119 cm³/mol. The Morgan fingerprint density at radius 3 is 2.58 bits per heavy atom. The first kappa shape index (κ1) is 22.8. The molecule has 1 aliphatic heterocycles. The molecule has 1 aromatic carbocycles. The van der Waals surface area contributed by atoms with Crippen LogP contribution in [0, 0.1) is 11.2 Å². The minimum Gasteiger partial charge on any atom is -0.480 e. The van der Waals surface area contributed by atoms with Gasteiger partial charge in [0.15, 0.2) is 0 Å². The number of nitrogens with zero attached hydrogens (tertiary/aromatic N) is 2. The molecule has 1 aliphatic rings. The van der Waals surface area contributed by atoms with Crippen LogP contribution in [0.4, 0.5) is 10.1 Å². The number of hydrogen-bond acceptors (Lipinski definition) is 6. The third-order valence-corrected chi connectivity index (χ3v) is 9.53. The van der Waals surface area contributed by atoms with E-state index in [0.29, 0.717) is 5.69 Å². The van der Waals surface area contributed by atoms with Gasteiger partial charge in [-0.2, -0.15) is 0 Å². The van der Waals surface area contributed by atoms with Crippen molar-refractivity contribution in [2.45, 2.75) is 31.1 Å². The van der Waals surface area contributed by atoms with Gasteiger partial charge in [-0.3, -0.25) is 19.1 Å². The smallest absolute Gasteiger partial charge is 0.275 e. The molecule has 0 unspecified atom stereocenters. The van der Waals surface area contributed by atoms with Crippen LogP contribution in [0.1, 0.15) is 36.8 Å². The van der Waals surface area contributed by atoms with E-state index in [0.717, 1.165) is 0 Å². The molecule has 1 fully saturated rings. The summed E-state index contributed by atoms with van der Waals surface area (Å²) in [6.45, 7) is 5.14. The van der Waals surface area contributed by atoms with Crippen LogP contribution in [-0.4, -0.2) is 50.6 Å². The third-order valence-electron chi connectivity index (χ3n) is 5.70. The fourth-order valence-electron chi connectivity index (χ4n) is 3.56. The molecule has 31 heavy (non-hydrogen) atoms. The molecule has 1 aromatic heterocycles. The number of anilines is 1. The molecule has 168 valence electrons. The number of ether oxygens (including phenoxy) is 1. The van der Waals surface area contributed by atoms with Crippen molar-refractivity contribution in [3.63, 3.8) is 0 Å². The lowest BCUT2D eigenvalue weighted by Gasteiger charge is -2.51. The number of carbonyl (C=O) groups is 1. The molecule has 0 radical (unpaired) electrons. The van der Waals surface area contributed by atoms with E-state index in [2.05, 4.69) is 25.3 Å². The average molecular weight is 451 g/mol. The lowest BCUT2D eigenvalue weighted by molar-refractivity contribution is 0.102. The average Bonchev–Trinajstić information content (AvgIpc) is 2.73. The van der Waals surface area contributed by atoms with E-state index < -0.39 is 32.1 Å². The predicted octanol–water partition coefficient (Wildman–Crippen LogP) is 1.60. The lowest BCUT2D eigenvalue weighted by atomic mass is 9.91. The zero-order valence-electron chi connectivity index (χ0n) is 18.0. The Morgan fingerprint density at radius 1 is 1.29 bits per heavy atom. The number of amidine groups is 1. The van der Waals surface area contributed by atoms with Crippen LogP contribution in [0.2, 0.25) is 0 Å². The zero-order valence-corrected chi connectivity index (χ0v) is 18.9. The van der Waals surface area contributed by atoms with Crippen LogP contribution >= 0.6 is 0 Å². The van der Waals surface area contributed by atoms with Gasteiger partial charge in [-0.1, -0.05) is 0 Å². The topological polar surface area (TPSA) is 129 Å². The first-order valence-electron chi connectivity index (χ1n) is 9.58. The Bertz CT molecular complexity index is 1080. The number of aromatic nitrogens is 2. The van der Waals surface area contributed by atoms with Crippen molar-refractivity contribution in [2.75, 3.05) is 25.2 Å². The first-order valence-corrected chi connectivity index (χ1v) is 11.5. The molecule has 1 saturated heterocycles. The molecule has 9 nitrogen and oxygen atoms in total. The molecule has 0 bridgehead atoms. The number of benzene rings is 1. The monoisotopic (exact) mass is 450 g/mol. The minimum atomic E-state index is -3.08. The second-order valence-electron chi connectivity index (χ2n) is 8.11. The summed E-state index contributed by atoms with van der Waals surface area (Å²) in [5.41, 5.74) is -0.521. The van der Waals surface area contributed by atoms with Crippen LogP contribution in [0.15, 0.2) is 30.6 Å². The standard InChI is InChI=1S/C20H27FN6O3S/c1-19(2)18(22)27-20(3,11-31(19,29)23-4)13-8-12(6-7-14(13)21)26-17(28)15-9-25-16(30-5)10-24-15/h6-10,31H,11H2,1-5H3,(H2,22,27)(H,23,29)(H,26,28)/t20-/m0/s1. The van der Waals surface area contributed by atoms with Crippen molar-refractivity contribution in [3.8, 4) is 5.88 Å². The molecule has 0 aliphatic carbocycles. The summed E-state index contributed by atoms with van der Waals surface area (Å²) >= 11 is 0. The number of hydrogen-bond donors (Lipinski definition) is 5. The summed E-state index contributed by atoms with van der Waals surface area (Å²) in [6.07, 6.45) is 2.59. The molecule has 11 heteroatoms. The highest BCUT2D eigenvalue weighted by Crippen LogP contribution is 2.38. The van der Waals surface area contributed by atoms with Gasteiger partial charge in [-0.25, -0.2) is 14.4 Å². The maximum Gasteiger partial charge on any atom is 0.275 e. The minimum absolute atomic E-state index is 0.0567. The van der Waals surface area contributed by atoms with E-state index in [-0.39, 0.29) is 28.7 Å². The highest BCUT2D eigenvalue weighted by Gasteiger charge is 2.50. The van der Waals surface area contributed by atoms with Gasteiger partial charge in [-0.05, 0) is 56.1 Å². The maximum absolute atomic E-state index is 14.8. The van der Waals surface area contributed by atoms with E-state index in [9.17, 15) is 13.4 Å². The van der Waals surface area contributed by atoms with Crippen molar-refractivity contribution in [1.29, 1.82) is 5.41 Å². The number of carbonyl (C=O) groups excluding carboxylic acids is 1. The van der Waals surface area contributed by atoms with Gasteiger partial charge in [-0.15, -0.1) is 0 Å². The number of halogens is 1. The van der Waals surface area contributed by atoms with E-state index in [4.69, 9.17) is 10.1 Å². The van der Waals surface area contributed by atoms with Gasteiger partial charge in [0.2, 0.25) is 5.88 Å². The SMILES string of the molecule is CN[SH]1(=O)C[C@@](C)(c2cc(NC(=O)c3cnc(OC)cn3)ccc2F)NC(=N)C1(C)C. The lowest BCUT2D eigenvalue weighted by Crippen LogP contribution is -2.69. The van der Waals surface area contributed by atoms with E-state index in [1.54, 1.807) is 27.8 Å². The Kier molecular flexibility index (Phi) is 5.85. The summed E-state index contributed by atoms with van der Waals surface area (Å²) in [7, 11) is -0.0501. The van der Waals surface area contributed by atoms with Crippen molar-refractivity contribution in [2.24, 2.45) is 0 Å². The van der Waals surface area contributed by atoms with E-state index in [1.165, 1.54) is 37.7 Å². The van der Waals surface area contributed by atoms with Crippen LogP contribution in [0.3, 0.4) is 0 Å². The molecular formula is C20H27FN6O3S. The van der Waals surface area contributed by atoms with Crippen LogP contribution < -0.4 is 20.1 Å². The van der Waals surface area contributed by atoms with Crippen molar-refractivity contribution < 1.29 is 18.1 Å². The zero-order chi connectivity index (χ0) is 23.0. The highest BCUT2D eigenvalue weighted by atomic mass is 32.3. The molecule has 1 amide bonds. The van der Waals surface area contributed by atoms with Crippen molar-refractivity contribution in [3.05, 3.63) is 47.7 Å². The molecule has 2 aromatic rings. The van der Waals surface area contributed by atoms with E-state index in [1.807, 2.05) is 0 Å². The number of thiol groups is 1. The van der Waals surface area contributed by atoms with Gasteiger partial charge in [0.05, 0.1) is 29.8 Å². The normalized spacial score (nSPS) is 22.8. The van der Waals surface area contributed by atoms with Gasteiger partial charge < -0.3 is 15.4 Å². The summed E-state index contributed by atoms with van der Waals surface area (Å²) < 4.78 is 35.3. The van der Waals surface area contributed by atoms with Gasteiger partial charge in [0.1, 0.15) is 17.3 Å². The number of methoxy groups -OCH3 is 1. The molecule has 2 heterocycles. The first-order chi connectivity index (χ1) is 14.5. The number of amides is 1. The Labute approximate surface area is 181 Å². The fourth-order valence-corrected chi connectivity index (χ4v) is 6.23. The fraction of sp³-hybridized carbons (Fsp3) is 0.400. The molecule has 4 N–H and O–H groups in total. The largest absolute Gasteiger partial charge is 0.480 e. The van der Waals surface area contributed by atoms with Gasteiger partial charge >= 0.3 is 0 Å². The molecule has 0 spiro atoms. The van der Waals surface area contributed by atoms with Crippen LogP contribution in [-0.2, 0) is 15.7 Å². The molecular weight excluding hydrogens is 423 g/mol. The molecule has 0 saturated carbocycles. The Balaban J connectivity index is 1.92. The molecule has 3 rings (SSSR count). The summed E-state index contributed by atoms with van der Waals surface area (Å²) in [6, 6.07) is 4.13.